The fourth-order valence-corrected chi connectivity index (χ4v) is 2.43. The van der Waals surface area contributed by atoms with Crippen molar-refractivity contribution in [2.75, 3.05) is 11.1 Å². The average Bonchev–Trinajstić information content (AvgIpc) is 2.39. The lowest BCUT2D eigenvalue weighted by Gasteiger charge is -2.11. The number of thioether (sulfide) groups is 1. The van der Waals surface area contributed by atoms with Crippen molar-refractivity contribution in [2.45, 2.75) is 25.5 Å². The molecular formula is C14H17NO4S. The lowest BCUT2D eigenvalue weighted by atomic mass is 10.1. The number of amides is 1. The molecule has 108 valence electrons. The van der Waals surface area contributed by atoms with E-state index in [1.807, 2.05) is 0 Å². The van der Waals surface area contributed by atoms with Gasteiger partial charge in [-0.05, 0) is 25.5 Å². The van der Waals surface area contributed by atoms with Crippen LogP contribution in [0.15, 0.2) is 24.3 Å². The lowest BCUT2D eigenvalue weighted by molar-refractivity contribution is -0.136. The number of Topliss-reactive ketones (excluding diaryl/α,β-unsaturated/α-hetero) is 1. The first kappa shape index (κ1) is 16.2. The highest BCUT2D eigenvalue weighted by molar-refractivity contribution is 8.01. The van der Waals surface area contributed by atoms with Crippen molar-refractivity contribution in [1.82, 2.24) is 0 Å². The van der Waals surface area contributed by atoms with Crippen LogP contribution in [0.3, 0.4) is 0 Å². The molecule has 1 unspecified atom stereocenters. The molecule has 0 aliphatic rings. The Bertz CT molecular complexity index is 516. The maximum atomic E-state index is 11.8. The minimum absolute atomic E-state index is 0.0387. The van der Waals surface area contributed by atoms with Crippen molar-refractivity contribution in [3.05, 3.63) is 29.8 Å². The van der Waals surface area contributed by atoms with Gasteiger partial charge in [-0.15, -0.1) is 11.8 Å². The molecule has 0 saturated carbocycles. The largest absolute Gasteiger partial charge is 0.480 e. The smallest absolute Gasteiger partial charge is 0.316 e. The molecule has 1 rings (SSSR count). The quantitative estimate of drug-likeness (QED) is 0.755. The lowest BCUT2D eigenvalue weighted by Crippen LogP contribution is -2.21. The van der Waals surface area contributed by atoms with E-state index in [-0.39, 0.29) is 17.4 Å². The van der Waals surface area contributed by atoms with E-state index in [0.717, 1.165) is 11.8 Å². The summed E-state index contributed by atoms with van der Waals surface area (Å²) in [6.07, 6.45) is 0.456. The summed E-state index contributed by atoms with van der Waals surface area (Å²) in [4.78, 5) is 34.1. The third kappa shape index (κ3) is 4.70. The number of ketones is 1. The minimum Gasteiger partial charge on any atom is -0.480 e. The highest BCUT2D eigenvalue weighted by atomic mass is 32.2. The molecule has 2 N–H and O–H groups in total. The highest BCUT2D eigenvalue weighted by Gasteiger charge is 2.17. The molecule has 1 amide bonds. The molecule has 0 aromatic heterocycles. The first-order valence-electron chi connectivity index (χ1n) is 6.20. The van der Waals surface area contributed by atoms with E-state index in [2.05, 4.69) is 5.32 Å². The van der Waals surface area contributed by atoms with Crippen molar-refractivity contribution in [3.8, 4) is 0 Å². The van der Waals surface area contributed by atoms with Crippen molar-refractivity contribution >= 4 is 35.1 Å². The van der Waals surface area contributed by atoms with E-state index in [1.54, 1.807) is 31.2 Å². The number of hydrogen-bond acceptors (Lipinski definition) is 4. The van der Waals surface area contributed by atoms with Gasteiger partial charge in [0.05, 0.1) is 11.4 Å². The van der Waals surface area contributed by atoms with Gasteiger partial charge in [0.1, 0.15) is 5.25 Å². The third-order valence-corrected chi connectivity index (χ3v) is 4.01. The van der Waals surface area contributed by atoms with E-state index in [4.69, 9.17) is 5.11 Å². The van der Waals surface area contributed by atoms with Crippen LogP contribution in [0, 0.1) is 0 Å². The van der Waals surface area contributed by atoms with Crippen molar-refractivity contribution < 1.29 is 19.5 Å². The van der Waals surface area contributed by atoms with Gasteiger partial charge in [-0.25, -0.2) is 0 Å². The number of carbonyl (C=O) groups is 3. The fraction of sp³-hybridized carbons (Fsp3) is 0.357. The van der Waals surface area contributed by atoms with E-state index in [1.165, 1.54) is 6.92 Å². The summed E-state index contributed by atoms with van der Waals surface area (Å²) in [6, 6.07) is 6.73. The van der Waals surface area contributed by atoms with Crippen LogP contribution in [0.1, 0.15) is 30.6 Å². The molecule has 1 aromatic rings. The van der Waals surface area contributed by atoms with Gasteiger partial charge in [0, 0.05) is 5.56 Å². The van der Waals surface area contributed by atoms with E-state index in [0.29, 0.717) is 17.7 Å². The summed E-state index contributed by atoms with van der Waals surface area (Å²) in [6.45, 7) is 3.19. The minimum atomic E-state index is -0.922. The Balaban J connectivity index is 2.63. The molecule has 0 aliphatic heterocycles. The zero-order valence-corrected chi connectivity index (χ0v) is 12.2. The number of aliphatic carboxylic acids is 1. The van der Waals surface area contributed by atoms with Gasteiger partial charge in [0.25, 0.3) is 0 Å². The summed E-state index contributed by atoms with van der Waals surface area (Å²) < 4.78 is 0. The number of rotatable bonds is 7. The van der Waals surface area contributed by atoms with Gasteiger partial charge in [-0.1, -0.05) is 19.1 Å². The summed E-state index contributed by atoms with van der Waals surface area (Å²) in [7, 11) is 0. The predicted octanol–water partition coefficient (Wildman–Crippen LogP) is 2.42. The maximum absolute atomic E-state index is 11.8. The second-order valence-electron chi connectivity index (χ2n) is 4.20. The Kier molecular flexibility index (Phi) is 6.24. The second kappa shape index (κ2) is 7.69. The van der Waals surface area contributed by atoms with Gasteiger partial charge in [-0.3, -0.25) is 14.4 Å². The van der Waals surface area contributed by atoms with Crippen LogP contribution in [-0.2, 0) is 9.59 Å². The highest BCUT2D eigenvalue weighted by Crippen LogP contribution is 2.18. The first-order chi connectivity index (χ1) is 9.45. The molecule has 20 heavy (non-hydrogen) atoms. The molecule has 0 heterocycles. The Hall–Kier alpha value is -1.82. The van der Waals surface area contributed by atoms with Crippen LogP contribution in [-0.4, -0.2) is 33.8 Å². The monoisotopic (exact) mass is 295 g/mol. The summed E-state index contributed by atoms with van der Waals surface area (Å²) in [5.41, 5.74) is 0.894. The topological polar surface area (TPSA) is 83.5 Å². The standard InChI is InChI=1S/C14H17NO4S/c1-3-12(14(18)19)20-8-13(17)15-11-7-5-4-6-10(11)9(2)16/h4-7,12H,3,8H2,1-2H3,(H,15,17)(H,18,19). The molecule has 1 atom stereocenters. The Morgan fingerprint density at radius 3 is 2.50 bits per heavy atom. The number of anilines is 1. The number of carboxylic acids is 1. The number of carboxylic acid groups (broad SMARTS) is 1. The molecule has 5 nitrogen and oxygen atoms in total. The van der Waals surface area contributed by atoms with Crippen LogP contribution >= 0.6 is 11.8 Å². The number of benzene rings is 1. The molecule has 0 bridgehead atoms. The molecule has 0 aliphatic carbocycles. The number of para-hydroxylation sites is 1. The number of carbonyl (C=O) groups excluding carboxylic acids is 2. The summed E-state index contributed by atoms with van der Waals surface area (Å²) in [5.74, 6) is -1.33. The SMILES string of the molecule is CCC(SCC(=O)Nc1ccccc1C(C)=O)C(=O)O. The molecule has 1 aromatic carbocycles. The van der Waals surface area contributed by atoms with E-state index >= 15 is 0 Å². The molecule has 0 fully saturated rings. The van der Waals surface area contributed by atoms with Gasteiger partial charge < -0.3 is 10.4 Å². The molecule has 0 radical (unpaired) electrons. The van der Waals surface area contributed by atoms with Crippen LogP contribution in [0.5, 0.6) is 0 Å². The normalized spacial score (nSPS) is 11.7. The van der Waals surface area contributed by atoms with Gasteiger partial charge in [0.2, 0.25) is 5.91 Å². The van der Waals surface area contributed by atoms with Crippen LogP contribution in [0.2, 0.25) is 0 Å². The zero-order chi connectivity index (χ0) is 15.1. The zero-order valence-electron chi connectivity index (χ0n) is 11.4. The van der Waals surface area contributed by atoms with Crippen LogP contribution < -0.4 is 5.32 Å². The Morgan fingerprint density at radius 1 is 1.30 bits per heavy atom. The van der Waals surface area contributed by atoms with Gasteiger partial charge in [-0.2, -0.15) is 0 Å². The van der Waals surface area contributed by atoms with Crippen LogP contribution in [0.4, 0.5) is 5.69 Å². The van der Waals surface area contributed by atoms with E-state index in [9.17, 15) is 14.4 Å². The molecular weight excluding hydrogens is 278 g/mol. The van der Waals surface area contributed by atoms with Crippen molar-refractivity contribution in [2.24, 2.45) is 0 Å². The molecule has 0 spiro atoms. The van der Waals surface area contributed by atoms with Gasteiger partial charge in [0.15, 0.2) is 5.78 Å². The second-order valence-corrected chi connectivity index (χ2v) is 5.39. The molecule has 0 saturated heterocycles. The first-order valence-corrected chi connectivity index (χ1v) is 7.24. The Morgan fingerprint density at radius 2 is 1.95 bits per heavy atom. The van der Waals surface area contributed by atoms with Crippen molar-refractivity contribution in [1.29, 1.82) is 0 Å². The summed E-state index contributed by atoms with van der Waals surface area (Å²) in [5, 5.41) is 10.9. The van der Waals surface area contributed by atoms with Crippen molar-refractivity contribution in [3.63, 3.8) is 0 Å². The third-order valence-electron chi connectivity index (χ3n) is 2.64. The summed E-state index contributed by atoms with van der Waals surface area (Å²) >= 11 is 1.07. The van der Waals surface area contributed by atoms with Gasteiger partial charge >= 0.3 is 5.97 Å². The predicted molar refractivity (Wildman–Crippen MR) is 79.2 cm³/mol. The fourth-order valence-electron chi connectivity index (χ4n) is 1.63. The van der Waals surface area contributed by atoms with Crippen LogP contribution in [0.25, 0.3) is 0 Å². The Labute approximate surface area is 121 Å². The number of nitrogens with one attached hydrogen (secondary N) is 1. The number of hydrogen-bond donors (Lipinski definition) is 2. The van der Waals surface area contributed by atoms with E-state index < -0.39 is 11.2 Å². The maximum Gasteiger partial charge on any atom is 0.316 e. The average molecular weight is 295 g/mol. The molecule has 6 heteroatoms.